The Labute approximate surface area is 84.1 Å². The molecule has 3 nitrogen and oxygen atoms in total. The first-order valence-electron chi connectivity index (χ1n) is 4.43. The highest BCUT2D eigenvalue weighted by Gasteiger charge is 2.26. The second-order valence-electron chi connectivity index (χ2n) is 3.60. The molecule has 1 aromatic heterocycles. The van der Waals surface area contributed by atoms with E-state index in [0.717, 1.165) is 30.8 Å². The zero-order valence-corrected chi connectivity index (χ0v) is 8.51. The van der Waals surface area contributed by atoms with Crippen LogP contribution in [-0.2, 0) is 0 Å². The molecule has 0 aromatic carbocycles. The summed E-state index contributed by atoms with van der Waals surface area (Å²) in [6.45, 7) is 1.95. The minimum atomic E-state index is 0. The molecule has 0 bridgehead atoms. The molecule has 1 saturated carbocycles. The van der Waals surface area contributed by atoms with Crippen LogP contribution in [0.2, 0.25) is 0 Å². The molecule has 1 heterocycles. The maximum atomic E-state index is 5.80. The normalized spacial score (nSPS) is 27.2. The average Bonchev–Trinajstić information content (AvgIpc) is 2.58. The van der Waals surface area contributed by atoms with Crippen molar-refractivity contribution >= 4 is 12.4 Å². The molecule has 4 heteroatoms. The maximum Gasteiger partial charge on any atom is 0.197 e. The van der Waals surface area contributed by atoms with Crippen molar-refractivity contribution in [2.24, 2.45) is 5.73 Å². The second-order valence-corrected chi connectivity index (χ2v) is 3.60. The van der Waals surface area contributed by atoms with Crippen LogP contribution in [0.3, 0.4) is 0 Å². The van der Waals surface area contributed by atoms with E-state index in [2.05, 4.69) is 4.98 Å². The van der Waals surface area contributed by atoms with Crippen LogP contribution in [-0.4, -0.2) is 11.0 Å². The fourth-order valence-electron chi connectivity index (χ4n) is 1.80. The van der Waals surface area contributed by atoms with Crippen LogP contribution in [0.4, 0.5) is 0 Å². The number of nitrogens with two attached hydrogens (primary N) is 1. The van der Waals surface area contributed by atoms with E-state index in [1.807, 2.05) is 6.92 Å². The molecule has 1 fully saturated rings. The largest absolute Gasteiger partial charge is 0.448 e. The predicted molar refractivity (Wildman–Crippen MR) is 53.1 cm³/mol. The number of aromatic nitrogens is 1. The molecular formula is C9H15ClN2O. The lowest BCUT2D eigenvalue weighted by atomic mass is 10.1. The minimum Gasteiger partial charge on any atom is -0.448 e. The van der Waals surface area contributed by atoms with Crippen LogP contribution in [0.15, 0.2) is 10.7 Å². The SMILES string of the molecule is Cc1coc(C2CCC(N)C2)n1.Cl. The highest BCUT2D eigenvalue weighted by molar-refractivity contribution is 5.85. The number of aryl methyl sites for hydroxylation is 1. The molecule has 74 valence electrons. The number of hydrogen-bond acceptors (Lipinski definition) is 3. The number of halogens is 1. The smallest absolute Gasteiger partial charge is 0.197 e. The Morgan fingerprint density at radius 2 is 2.31 bits per heavy atom. The van der Waals surface area contributed by atoms with Gasteiger partial charge in [0.2, 0.25) is 0 Å². The number of rotatable bonds is 1. The monoisotopic (exact) mass is 202 g/mol. The minimum absolute atomic E-state index is 0. The van der Waals surface area contributed by atoms with Gasteiger partial charge in [0.1, 0.15) is 6.26 Å². The highest BCUT2D eigenvalue weighted by atomic mass is 35.5. The first-order valence-corrected chi connectivity index (χ1v) is 4.43. The Balaban J connectivity index is 0.000000845. The fraction of sp³-hybridized carbons (Fsp3) is 0.667. The summed E-state index contributed by atoms with van der Waals surface area (Å²) in [6, 6.07) is 0.349. The average molecular weight is 203 g/mol. The summed E-state index contributed by atoms with van der Waals surface area (Å²) < 4.78 is 5.33. The summed E-state index contributed by atoms with van der Waals surface area (Å²) in [5, 5.41) is 0. The Hall–Kier alpha value is -0.540. The van der Waals surface area contributed by atoms with Crippen LogP contribution in [0, 0.1) is 6.92 Å². The molecule has 2 unspecified atom stereocenters. The van der Waals surface area contributed by atoms with E-state index < -0.39 is 0 Å². The van der Waals surface area contributed by atoms with Gasteiger partial charge in [0.25, 0.3) is 0 Å². The van der Waals surface area contributed by atoms with Crippen molar-refractivity contribution in [2.75, 3.05) is 0 Å². The molecule has 0 spiro atoms. The van der Waals surface area contributed by atoms with Gasteiger partial charge in [-0.1, -0.05) is 0 Å². The van der Waals surface area contributed by atoms with Gasteiger partial charge in [-0.2, -0.15) is 0 Å². The summed E-state index contributed by atoms with van der Waals surface area (Å²) in [6.07, 6.45) is 4.96. The van der Waals surface area contributed by atoms with E-state index in [1.54, 1.807) is 6.26 Å². The van der Waals surface area contributed by atoms with Gasteiger partial charge < -0.3 is 10.2 Å². The van der Waals surface area contributed by atoms with Crippen molar-refractivity contribution in [3.8, 4) is 0 Å². The molecule has 0 radical (unpaired) electrons. The van der Waals surface area contributed by atoms with Gasteiger partial charge in [0.15, 0.2) is 5.89 Å². The molecule has 0 amide bonds. The Bertz CT molecular complexity index is 274. The summed E-state index contributed by atoms with van der Waals surface area (Å²) in [7, 11) is 0. The summed E-state index contributed by atoms with van der Waals surface area (Å²) in [4.78, 5) is 4.30. The van der Waals surface area contributed by atoms with E-state index in [0.29, 0.717) is 12.0 Å². The van der Waals surface area contributed by atoms with Gasteiger partial charge in [-0.25, -0.2) is 4.98 Å². The standard InChI is InChI=1S/C9H14N2O.ClH/c1-6-5-12-9(11-6)7-2-3-8(10)4-7;/h5,7-8H,2-4,10H2,1H3;1H. The summed E-state index contributed by atoms with van der Waals surface area (Å²) in [5.74, 6) is 1.34. The van der Waals surface area contributed by atoms with Crippen molar-refractivity contribution in [3.63, 3.8) is 0 Å². The van der Waals surface area contributed by atoms with Gasteiger partial charge >= 0.3 is 0 Å². The molecule has 0 aliphatic heterocycles. The van der Waals surface area contributed by atoms with E-state index >= 15 is 0 Å². The quantitative estimate of drug-likeness (QED) is 0.758. The second kappa shape index (κ2) is 4.11. The molecule has 2 atom stereocenters. The number of oxazole rings is 1. The van der Waals surface area contributed by atoms with Gasteiger partial charge in [0, 0.05) is 12.0 Å². The van der Waals surface area contributed by atoms with Crippen molar-refractivity contribution in [1.82, 2.24) is 4.98 Å². The zero-order valence-electron chi connectivity index (χ0n) is 7.69. The predicted octanol–water partition coefficient (Wildman–Crippen LogP) is 2.00. The van der Waals surface area contributed by atoms with Crippen LogP contribution in [0.5, 0.6) is 0 Å². The lowest BCUT2D eigenvalue weighted by Crippen LogP contribution is -2.14. The number of hydrogen-bond donors (Lipinski definition) is 1. The lowest BCUT2D eigenvalue weighted by Gasteiger charge is -2.02. The Morgan fingerprint density at radius 3 is 2.77 bits per heavy atom. The van der Waals surface area contributed by atoms with E-state index in [1.165, 1.54) is 0 Å². The Kier molecular flexibility index (Phi) is 3.33. The van der Waals surface area contributed by atoms with Gasteiger partial charge in [-0.05, 0) is 26.2 Å². The maximum absolute atomic E-state index is 5.80. The molecule has 1 aliphatic rings. The molecule has 13 heavy (non-hydrogen) atoms. The van der Waals surface area contributed by atoms with Crippen molar-refractivity contribution in [2.45, 2.75) is 38.1 Å². The van der Waals surface area contributed by atoms with E-state index in [-0.39, 0.29) is 12.4 Å². The molecule has 1 aromatic rings. The van der Waals surface area contributed by atoms with Crippen molar-refractivity contribution < 1.29 is 4.42 Å². The fourth-order valence-corrected chi connectivity index (χ4v) is 1.80. The van der Waals surface area contributed by atoms with Gasteiger partial charge in [0.05, 0.1) is 5.69 Å². The third-order valence-corrected chi connectivity index (χ3v) is 2.46. The molecule has 0 saturated heterocycles. The summed E-state index contributed by atoms with van der Waals surface area (Å²) >= 11 is 0. The van der Waals surface area contributed by atoms with E-state index in [4.69, 9.17) is 10.2 Å². The zero-order chi connectivity index (χ0) is 8.55. The van der Waals surface area contributed by atoms with Crippen molar-refractivity contribution in [1.29, 1.82) is 0 Å². The molecule has 2 N–H and O–H groups in total. The first kappa shape index (κ1) is 10.5. The highest BCUT2D eigenvalue weighted by Crippen LogP contribution is 2.32. The van der Waals surface area contributed by atoms with Crippen LogP contribution in [0.25, 0.3) is 0 Å². The number of nitrogens with zero attached hydrogens (tertiary/aromatic N) is 1. The van der Waals surface area contributed by atoms with Crippen molar-refractivity contribution in [3.05, 3.63) is 17.8 Å². The topological polar surface area (TPSA) is 52.0 Å². The third kappa shape index (κ3) is 2.23. The molecular weight excluding hydrogens is 188 g/mol. The molecule has 1 aliphatic carbocycles. The van der Waals surface area contributed by atoms with Crippen LogP contribution in [0.1, 0.15) is 36.8 Å². The lowest BCUT2D eigenvalue weighted by molar-refractivity contribution is 0.446. The molecule has 2 rings (SSSR count). The third-order valence-electron chi connectivity index (χ3n) is 2.46. The van der Waals surface area contributed by atoms with Crippen LogP contribution < -0.4 is 5.73 Å². The Morgan fingerprint density at radius 1 is 1.54 bits per heavy atom. The first-order chi connectivity index (χ1) is 5.75. The summed E-state index contributed by atoms with van der Waals surface area (Å²) in [5.41, 5.74) is 6.76. The van der Waals surface area contributed by atoms with Crippen LogP contribution >= 0.6 is 12.4 Å². The van der Waals surface area contributed by atoms with Gasteiger partial charge in [-0.3, -0.25) is 0 Å². The van der Waals surface area contributed by atoms with E-state index in [9.17, 15) is 0 Å². The van der Waals surface area contributed by atoms with Gasteiger partial charge in [-0.15, -0.1) is 12.4 Å².